The fourth-order valence-electron chi connectivity index (χ4n) is 4.18. The maximum atomic E-state index is 12.7. The quantitative estimate of drug-likeness (QED) is 0.820. The summed E-state index contributed by atoms with van der Waals surface area (Å²) in [5, 5.41) is 4.45. The highest BCUT2D eigenvalue weighted by atomic mass is 32.2. The van der Waals surface area contributed by atoms with Gasteiger partial charge in [-0.15, -0.1) is 0 Å². The number of benzene rings is 2. The number of piperidine rings is 1. The second-order valence-electron chi connectivity index (χ2n) is 7.73. The highest BCUT2D eigenvalue weighted by molar-refractivity contribution is 7.92. The minimum absolute atomic E-state index is 0.0450. The Balaban J connectivity index is 1.32. The van der Waals surface area contributed by atoms with Gasteiger partial charge in [-0.05, 0) is 48.4 Å². The fraction of sp³-hybridized carbons (Fsp3) is 0.348. The zero-order valence-electron chi connectivity index (χ0n) is 16.3. The average Bonchev–Trinajstić information content (AvgIpc) is 3.16. The maximum Gasteiger partial charge on any atom is 0.236 e. The molecule has 4 rings (SSSR count). The van der Waals surface area contributed by atoms with Crippen LogP contribution >= 0.6 is 0 Å². The van der Waals surface area contributed by atoms with Gasteiger partial charge in [0.2, 0.25) is 15.9 Å². The summed E-state index contributed by atoms with van der Waals surface area (Å²) < 4.78 is 26.7. The standard InChI is InChI=1S/C23H26N2O3S/c26-23(24-22-11-10-19-8-4-5-9-21(19)22)20-12-15-25(16-13-20)29(27,28)17-14-18-6-2-1-3-7-18/h1-9,14,17,20,22H,10-13,15-16H2,(H,24,26)/b17-14+. The van der Waals surface area contributed by atoms with Gasteiger partial charge >= 0.3 is 0 Å². The Kier molecular flexibility index (Phi) is 5.83. The van der Waals surface area contributed by atoms with Gasteiger partial charge in [0.05, 0.1) is 6.04 Å². The molecule has 0 saturated carbocycles. The predicted molar refractivity (Wildman–Crippen MR) is 114 cm³/mol. The van der Waals surface area contributed by atoms with Gasteiger partial charge < -0.3 is 5.32 Å². The van der Waals surface area contributed by atoms with Crippen molar-refractivity contribution in [2.45, 2.75) is 31.7 Å². The van der Waals surface area contributed by atoms with Crippen LogP contribution in [0.2, 0.25) is 0 Å². The summed E-state index contributed by atoms with van der Waals surface area (Å²) in [4.78, 5) is 12.7. The van der Waals surface area contributed by atoms with E-state index >= 15 is 0 Å². The smallest absolute Gasteiger partial charge is 0.236 e. The minimum Gasteiger partial charge on any atom is -0.349 e. The Labute approximate surface area is 172 Å². The molecule has 1 amide bonds. The summed E-state index contributed by atoms with van der Waals surface area (Å²) in [6.07, 6.45) is 4.65. The summed E-state index contributed by atoms with van der Waals surface area (Å²) >= 11 is 0. The van der Waals surface area contributed by atoms with E-state index in [4.69, 9.17) is 0 Å². The summed E-state index contributed by atoms with van der Waals surface area (Å²) in [5.74, 6) is -0.0871. The number of nitrogens with zero attached hydrogens (tertiary/aromatic N) is 1. The van der Waals surface area contributed by atoms with E-state index < -0.39 is 10.0 Å². The zero-order valence-corrected chi connectivity index (χ0v) is 17.1. The molecule has 2 aromatic rings. The maximum absolute atomic E-state index is 12.7. The second kappa shape index (κ2) is 8.51. The monoisotopic (exact) mass is 410 g/mol. The molecule has 0 bridgehead atoms. The van der Waals surface area contributed by atoms with Crippen LogP contribution in [0, 0.1) is 5.92 Å². The third-order valence-corrected chi connectivity index (χ3v) is 7.43. The van der Waals surface area contributed by atoms with Crippen LogP contribution in [0.1, 0.15) is 42.0 Å². The number of rotatable bonds is 5. The molecule has 2 aromatic carbocycles. The van der Waals surface area contributed by atoms with Crippen molar-refractivity contribution in [3.8, 4) is 0 Å². The van der Waals surface area contributed by atoms with Crippen LogP contribution in [-0.2, 0) is 21.2 Å². The van der Waals surface area contributed by atoms with E-state index in [1.807, 2.05) is 42.5 Å². The number of amides is 1. The average molecular weight is 411 g/mol. The van der Waals surface area contributed by atoms with Gasteiger partial charge in [-0.2, -0.15) is 4.31 Å². The van der Waals surface area contributed by atoms with Gasteiger partial charge in [0, 0.05) is 24.4 Å². The van der Waals surface area contributed by atoms with Crippen molar-refractivity contribution in [3.05, 3.63) is 76.7 Å². The van der Waals surface area contributed by atoms with Gasteiger partial charge in [-0.1, -0.05) is 54.6 Å². The SMILES string of the molecule is O=C(NC1CCc2ccccc21)C1CCN(S(=O)(=O)/C=C/c2ccccc2)CC1. The molecule has 1 saturated heterocycles. The van der Waals surface area contributed by atoms with Crippen LogP contribution in [0.5, 0.6) is 0 Å². The van der Waals surface area contributed by atoms with Crippen molar-refractivity contribution in [3.63, 3.8) is 0 Å². The molecule has 1 unspecified atom stereocenters. The van der Waals surface area contributed by atoms with Crippen LogP contribution in [0.3, 0.4) is 0 Å². The van der Waals surface area contributed by atoms with Gasteiger partial charge in [-0.3, -0.25) is 4.79 Å². The van der Waals surface area contributed by atoms with Crippen LogP contribution in [0.25, 0.3) is 6.08 Å². The molecular weight excluding hydrogens is 384 g/mol. The number of aryl methyl sites for hydroxylation is 1. The third-order valence-electron chi connectivity index (χ3n) is 5.87. The first-order valence-corrected chi connectivity index (χ1v) is 11.6. The van der Waals surface area contributed by atoms with Crippen molar-refractivity contribution in [1.29, 1.82) is 0 Å². The van der Waals surface area contributed by atoms with E-state index in [1.165, 1.54) is 20.8 Å². The second-order valence-corrected chi connectivity index (χ2v) is 9.55. The lowest BCUT2D eigenvalue weighted by Gasteiger charge is -2.30. The number of hydrogen-bond donors (Lipinski definition) is 1. The molecule has 0 radical (unpaired) electrons. The van der Waals surface area contributed by atoms with E-state index in [2.05, 4.69) is 17.4 Å². The van der Waals surface area contributed by atoms with Crippen molar-refractivity contribution < 1.29 is 13.2 Å². The highest BCUT2D eigenvalue weighted by Crippen LogP contribution is 2.31. The predicted octanol–water partition coefficient (Wildman–Crippen LogP) is 3.50. The van der Waals surface area contributed by atoms with Crippen molar-refractivity contribution in [2.24, 2.45) is 5.92 Å². The van der Waals surface area contributed by atoms with E-state index in [0.29, 0.717) is 25.9 Å². The van der Waals surface area contributed by atoms with Crippen LogP contribution in [0.4, 0.5) is 0 Å². The number of carbonyl (C=O) groups is 1. The molecule has 1 atom stereocenters. The molecule has 5 nitrogen and oxygen atoms in total. The van der Waals surface area contributed by atoms with Crippen LogP contribution < -0.4 is 5.32 Å². The van der Waals surface area contributed by atoms with Crippen molar-refractivity contribution in [1.82, 2.24) is 9.62 Å². The Morgan fingerprint density at radius 1 is 0.966 bits per heavy atom. The summed E-state index contributed by atoms with van der Waals surface area (Å²) in [5.41, 5.74) is 3.37. The molecule has 1 aliphatic carbocycles. The third kappa shape index (κ3) is 4.60. The van der Waals surface area contributed by atoms with Gasteiger partial charge in [0.15, 0.2) is 0 Å². The van der Waals surface area contributed by atoms with Gasteiger partial charge in [0.25, 0.3) is 0 Å². The zero-order chi connectivity index (χ0) is 20.3. The number of hydrogen-bond acceptors (Lipinski definition) is 3. The van der Waals surface area contributed by atoms with Crippen molar-refractivity contribution >= 4 is 22.0 Å². The fourth-order valence-corrected chi connectivity index (χ4v) is 5.40. The van der Waals surface area contributed by atoms with E-state index in [9.17, 15) is 13.2 Å². The molecule has 152 valence electrons. The molecule has 0 spiro atoms. The lowest BCUT2D eigenvalue weighted by molar-refractivity contribution is -0.126. The summed E-state index contributed by atoms with van der Waals surface area (Å²) in [6, 6.07) is 17.7. The number of nitrogens with one attached hydrogen (secondary N) is 1. The lowest BCUT2D eigenvalue weighted by atomic mass is 9.96. The first kappa shape index (κ1) is 19.9. The molecule has 1 aliphatic heterocycles. The normalized spacial score (nSPS) is 20.6. The molecule has 1 heterocycles. The molecule has 1 fully saturated rings. The molecule has 1 N–H and O–H groups in total. The van der Waals surface area contributed by atoms with E-state index in [1.54, 1.807) is 6.08 Å². The lowest BCUT2D eigenvalue weighted by Crippen LogP contribution is -2.42. The molecule has 6 heteroatoms. The largest absolute Gasteiger partial charge is 0.349 e. The topological polar surface area (TPSA) is 66.5 Å². The summed E-state index contributed by atoms with van der Waals surface area (Å²) in [7, 11) is -3.47. The first-order chi connectivity index (χ1) is 14.0. The van der Waals surface area contributed by atoms with Gasteiger partial charge in [-0.25, -0.2) is 8.42 Å². The first-order valence-electron chi connectivity index (χ1n) is 10.1. The molecule has 29 heavy (non-hydrogen) atoms. The van der Waals surface area contributed by atoms with Crippen LogP contribution in [0.15, 0.2) is 60.0 Å². The Hall–Kier alpha value is -2.44. The van der Waals surface area contributed by atoms with Crippen LogP contribution in [-0.4, -0.2) is 31.7 Å². The van der Waals surface area contributed by atoms with Crippen molar-refractivity contribution in [2.75, 3.05) is 13.1 Å². The molecule has 2 aliphatic rings. The van der Waals surface area contributed by atoms with Gasteiger partial charge in [0.1, 0.15) is 0 Å². The van der Waals surface area contributed by atoms with E-state index in [-0.39, 0.29) is 17.9 Å². The number of sulfonamides is 1. The summed E-state index contributed by atoms with van der Waals surface area (Å²) in [6.45, 7) is 0.752. The Morgan fingerprint density at radius 2 is 1.66 bits per heavy atom. The Morgan fingerprint density at radius 3 is 2.41 bits per heavy atom. The number of carbonyl (C=O) groups excluding carboxylic acids is 1. The minimum atomic E-state index is -3.47. The molecular formula is C23H26N2O3S. The molecule has 0 aromatic heterocycles. The Bertz CT molecular complexity index is 994. The number of fused-ring (bicyclic) bond motifs is 1. The highest BCUT2D eigenvalue weighted by Gasteiger charge is 2.32. The van der Waals surface area contributed by atoms with E-state index in [0.717, 1.165) is 18.4 Å².